The first-order chi connectivity index (χ1) is 9.72. The molecule has 0 saturated heterocycles. The summed E-state index contributed by atoms with van der Waals surface area (Å²) in [6.07, 6.45) is 0. The minimum Gasteiger partial charge on any atom is -0.372 e. The third kappa shape index (κ3) is 4.03. The fraction of sp³-hybridized carbons (Fsp3) is 0.250. The van der Waals surface area contributed by atoms with Crippen LogP contribution in [0.3, 0.4) is 0 Å². The number of benzene rings is 2. The second kappa shape index (κ2) is 7.38. The summed E-state index contributed by atoms with van der Waals surface area (Å²) in [4.78, 5) is 2.31. The minimum atomic E-state index is 0.873. The molecule has 0 radical (unpaired) electrons. The fourth-order valence-electron chi connectivity index (χ4n) is 1.94. The van der Waals surface area contributed by atoms with E-state index in [-0.39, 0.29) is 0 Å². The van der Waals surface area contributed by atoms with E-state index in [9.17, 15) is 0 Å². The molecule has 4 heteroatoms. The minimum absolute atomic E-state index is 0.873. The molecule has 0 fully saturated rings. The van der Waals surface area contributed by atoms with Crippen LogP contribution in [0.15, 0.2) is 58.8 Å². The highest BCUT2D eigenvalue weighted by atomic mass is 127. The quantitative estimate of drug-likeness (QED) is 0.494. The van der Waals surface area contributed by atoms with Crippen molar-refractivity contribution in [3.63, 3.8) is 0 Å². The normalized spacial score (nSPS) is 10.9. The Morgan fingerprint density at radius 2 is 1.25 bits per heavy atom. The molecule has 0 N–H and O–H groups in total. The van der Waals surface area contributed by atoms with Gasteiger partial charge in [0.2, 0.25) is 0 Å². The first kappa shape index (κ1) is 15.0. The van der Waals surface area contributed by atoms with Gasteiger partial charge in [-0.2, -0.15) is 10.2 Å². The summed E-state index contributed by atoms with van der Waals surface area (Å²) in [6.45, 7) is 6.35. The fourth-order valence-corrected chi connectivity index (χ4v) is 2.30. The molecular weight excluding hydrogens is 361 g/mol. The number of rotatable bonds is 5. The Kier molecular flexibility index (Phi) is 5.52. The Morgan fingerprint density at radius 1 is 0.800 bits per heavy atom. The summed E-state index contributed by atoms with van der Waals surface area (Å²) in [5.41, 5.74) is 2.97. The molecule has 2 aromatic rings. The van der Waals surface area contributed by atoms with Crippen LogP contribution in [0.25, 0.3) is 0 Å². The van der Waals surface area contributed by atoms with Crippen molar-refractivity contribution in [2.75, 3.05) is 18.0 Å². The Hall–Kier alpha value is -1.43. The highest BCUT2D eigenvalue weighted by molar-refractivity contribution is 14.1. The van der Waals surface area contributed by atoms with Gasteiger partial charge in [-0.25, -0.2) is 0 Å². The molecule has 0 atom stereocenters. The maximum absolute atomic E-state index is 4.26. The topological polar surface area (TPSA) is 28.0 Å². The molecule has 0 unspecified atom stereocenters. The number of nitrogens with zero attached hydrogens (tertiary/aromatic N) is 3. The maximum atomic E-state index is 4.26. The second-order valence-electron chi connectivity index (χ2n) is 4.37. The number of halogens is 1. The highest BCUT2D eigenvalue weighted by Crippen LogP contribution is 2.22. The Labute approximate surface area is 133 Å². The first-order valence-electron chi connectivity index (χ1n) is 6.75. The second-order valence-corrected chi connectivity index (χ2v) is 5.61. The lowest BCUT2D eigenvalue weighted by Gasteiger charge is -2.20. The summed E-state index contributed by atoms with van der Waals surface area (Å²) in [6, 6.07) is 16.2. The van der Waals surface area contributed by atoms with E-state index in [0.717, 1.165) is 24.5 Å². The summed E-state index contributed by atoms with van der Waals surface area (Å²) in [5.74, 6) is 0. The van der Waals surface area contributed by atoms with Crippen LogP contribution in [0.5, 0.6) is 0 Å². The zero-order valence-electron chi connectivity index (χ0n) is 11.8. The third-order valence-electron chi connectivity index (χ3n) is 3.09. The van der Waals surface area contributed by atoms with Gasteiger partial charge in [0, 0.05) is 22.3 Å². The molecule has 0 aromatic heterocycles. The molecule has 20 heavy (non-hydrogen) atoms. The molecule has 3 nitrogen and oxygen atoms in total. The smallest absolute Gasteiger partial charge is 0.0858 e. The average Bonchev–Trinajstić information content (AvgIpc) is 2.49. The Morgan fingerprint density at radius 3 is 1.70 bits per heavy atom. The van der Waals surface area contributed by atoms with Crippen molar-refractivity contribution in [2.24, 2.45) is 10.2 Å². The zero-order chi connectivity index (χ0) is 14.4. The molecule has 0 saturated carbocycles. The van der Waals surface area contributed by atoms with E-state index < -0.39 is 0 Å². The van der Waals surface area contributed by atoms with Gasteiger partial charge in [0.25, 0.3) is 0 Å². The summed E-state index contributed by atoms with van der Waals surface area (Å²) >= 11 is 2.28. The zero-order valence-corrected chi connectivity index (χ0v) is 13.9. The standard InChI is InChI=1S/C16H18IN3/c1-3-20(4-2)16-11-9-15(10-12-16)19-18-14-7-5-13(17)6-8-14/h5-12H,3-4H2,1-2H3. The van der Waals surface area contributed by atoms with Crippen molar-refractivity contribution < 1.29 is 0 Å². The van der Waals surface area contributed by atoms with E-state index >= 15 is 0 Å². The molecule has 2 aromatic carbocycles. The largest absolute Gasteiger partial charge is 0.372 e. The van der Waals surface area contributed by atoms with Gasteiger partial charge >= 0.3 is 0 Å². The van der Waals surface area contributed by atoms with Gasteiger partial charge in [-0.1, -0.05) is 0 Å². The lowest BCUT2D eigenvalue weighted by molar-refractivity contribution is 0.866. The molecule has 104 valence electrons. The number of azo groups is 1. The van der Waals surface area contributed by atoms with E-state index in [1.54, 1.807) is 0 Å². The van der Waals surface area contributed by atoms with Gasteiger partial charge in [-0.05, 0) is 85.0 Å². The lowest BCUT2D eigenvalue weighted by Crippen LogP contribution is -2.21. The van der Waals surface area contributed by atoms with Gasteiger partial charge in [-0.15, -0.1) is 0 Å². The van der Waals surface area contributed by atoms with Gasteiger partial charge < -0.3 is 4.90 Å². The highest BCUT2D eigenvalue weighted by Gasteiger charge is 2.00. The van der Waals surface area contributed by atoms with Crippen LogP contribution in [0, 0.1) is 3.57 Å². The van der Waals surface area contributed by atoms with Crippen LogP contribution in [-0.2, 0) is 0 Å². The molecule has 0 spiro atoms. The predicted octanol–water partition coefficient (Wildman–Crippen LogP) is 5.55. The van der Waals surface area contributed by atoms with Crippen LogP contribution in [0.2, 0.25) is 0 Å². The van der Waals surface area contributed by atoms with E-state index in [0.29, 0.717) is 0 Å². The molecule has 0 aliphatic rings. The molecule has 0 heterocycles. The summed E-state index contributed by atoms with van der Waals surface area (Å²) < 4.78 is 1.20. The van der Waals surface area contributed by atoms with E-state index in [1.165, 1.54) is 9.26 Å². The van der Waals surface area contributed by atoms with Crippen molar-refractivity contribution in [3.8, 4) is 0 Å². The van der Waals surface area contributed by atoms with E-state index in [1.807, 2.05) is 36.4 Å². The summed E-state index contributed by atoms with van der Waals surface area (Å²) in [5, 5.41) is 8.50. The summed E-state index contributed by atoms with van der Waals surface area (Å²) in [7, 11) is 0. The predicted molar refractivity (Wildman–Crippen MR) is 93.3 cm³/mol. The van der Waals surface area contributed by atoms with Gasteiger partial charge in [-0.3, -0.25) is 0 Å². The van der Waals surface area contributed by atoms with Crippen LogP contribution >= 0.6 is 22.6 Å². The van der Waals surface area contributed by atoms with Crippen LogP contribution in [0.1, 0.15) is 13.8 Å². The van der Waals surface area contributed by atoms with Crippen LogP contribution < -0.4 is 4.90 Å². The molecule has 0 aliphatic carbocycles. The average molecular weight is 379 g/mol. The van der Waals surface area contributed by atoms with Gasteiger partial charge in [0.15, 0.2) is 0 Å². The Bertz CT molecular complexity index is 557. The third-order valence-corrected chi connectivity index (χ3v) is 3.81. The van der Waals surface area contributed by atoms with Crippen LogP contribution in [-0.4, -0.2) is 13.1 Å². The van der Waals surface area contributed by atoms with Gasteiger partial charge in [0.1, 0.15) is 0 Å². The van der Waals surface area contributed by atoms with Crippen molar-refractivity contribution in [1.82, 2.24) is 0 Å². The van der Waals surface area contributed by atoms with Crippen molar-refractivity contribution in [3.05, 3.63) is 52.1 Å². The maximum Gasteiger partial charge on any atom is 0.0858 e. The van der Waals surface area contributed by atoms with Crippen LogP contribution in [0.4, 0.5) is 17.1 Å². The molecule has 2 rings (SSSR count). The molecule has 0 aliphatic heterocycles. The lowest BCUT2D eigenvalue weighted by atomic mass is 10.2. The first-order valence-corrected chi connectivity index (χ1v) is 7.83. The molecule has 0 bridgehead atoms. The van der Waals surface area contributed by atoms with Crippen molar-refractivity contribution >= 4 is 39.7 Å². The van der Waals surface area contributed by atoms with E-state index in [4.69, 9.17) is 0 Å². The van der Waals surface area contributed by atoms with Gasteiger partial charge in [0.05, 0.1) is 11.4 Å². The van der Waals surface area contributed by atoms with Crippen molar-refractivity contribution in [1.29, 1.82) is 0 Å². The number of anilines is 1. The number of hydrogen-bond donors (Lipinski definition) is 0. The number of hydrogen-bond acceptors (Lipinski definition) is 3. The van der Waals surface area contributed by atoms with E-state index in [2.05, 4.69) is 63.7 Å². The molecule has 0 amide bonds. The molecular formula is C16H18IN3. The van der Waals surface area contributed by atoms with Crippen molar-refractivity contribution in [2.45, 2.75) is 13.8 Å². The monoisotopic (exact) mass is 379 g/mol. The SMILES string of the molecule is CCN(CC)c1ccc(N=Nc2ccc(I)cc2)cc1. The Balaban J connectivity index is 2.08.